The fourth-order valence-corrected chi connectivity index (χ4v) is 2.81. The second-order valence-electron chi connectivity index (χ2n) is 6.52. The first kappa shape index (κ1) is 20.0. The predicted molar refractivity (Wildman–Crippen MR) is 110 cm³/mol. The van der Waals surface area contributed by atoms with E-state index in [0.29, 0.717) is 16.9 Å². The maximum atomic E-state index is 12.7. The standard InChI is InChI=1S/C22H22N4O3/c1-14-12-19(20(27)24-15(2)16-8-5-4-6-9-16)26-22(23-14)25-18-11-7-10-17(13-18)21(28)29-3/h4-13,15H,1-3H3,(H,24,27)(H,23,25,26). The number of carbonyl (C=O) groups is 2. The summed E-state index contributed by atoms with van der Waals surface area (Å²) in [4.78, 5) is 33.0. The molecule has 0 saturated carbocycles. The van der Waals surface area contributed by atoms with E-state index >= 15 is 0 Å². The van der Waals surface area contributed by atoms with Gasteiger partial charge in [0.05, 0.1) is 18.7 Å². The zero-order valence-electron chi connectivity index (χ0n) is 16.5. The molecule has 29 heavy (non-hydrogen) atoms. The second-order valence-corrected chi connectivity index (χ2v) is 6.52. The van der Waals surface area contributed by atoms with Crippen molar-refractivity contribution in [2.75, 3.05) is 12.4 Å². The molecular weight excluding hydrogens is 368 g/mol. The van der Waals surface area contributed by atoms with Gasteiger partial charge >= 0.3 is 5.97 Å². The van der Waals surface area contributed by atoms with E-state index in [1.165, 1.54) is 7.11 Å². The first-order valence-corrected chi connectivity index (χ1v) is 9.13. The maximum Gasteiger partial charge on any atom is 0.337 e. The Morgan fingerprint density at radius 3 is 2.48 bits per heavy atom. The molecule has 0 saturated heterocycles. The predicted octanol–water partition coefficient (Wildman–Crippen LogP) is 3.81. The molecule has 148 valence electrons. The van der Waals surface area contributed by atoms with Gasteiger partial charge in [-0.2, -0.15) is 0 Å². The van der Waals surface area contributed by atoms with Crippen molar-refractivity contribution in [1.29, 1.82) is 0 Å². The van der Waals surface area contributed by atoms with Gasteiger partial charge in [0.1, 0.15) is 5.69 Å². The average molecular weight is 390 g/mol. The van der Waals surface area contributed by atoms with Crippen molar-refractivity contribution in [2.24, 2.45) is 0 Å². The molecule has 0 aliphatic rings. The molecule has 0 spiro atoms. The van der Waals surface area contributed by atoms with Gasteiger partial charge in [0, 0.05) is 11.4 Å². The summed E-state index contributed by atoms with van der Waals surface area (Å²) in [5.41, 5.74) is 2.92. The SMILES string of the molecule is COC(=O)c1cccc(Nc2nc(C)cc(C(=O)NC(C)c3ccccc3)n2)c1. The molecule has 7 nitrogen and oxygen atoms in total. The Morgan fingerprint density at radius 1 is 1.00 bits per heavy atom. The lowest BCUT2D eigenvalue weighted by molar-refractivity contribution is 0.0600. The summed E-state index contributed by atoms with van der Waals surface area (Å²) >= 11 is 0. The third-order valence-electron chi connectivity index (χ3n) is 4.27. The van der Waals surface area contributed by atoms with Crippen molar-refractivity contribution < 1.29 is 14.3 Å². The first-order chi connectivity index (χ1) is 14.0. The summed E-state index contributed by atoms with van der Waals surface area (Å²) in [5, 5.41) is 5.98. The first-order valence-electron chi connectivity index (χ1n) is 9.13. The quantitative estimate of drug-likeness (QED) is 0.622. The van der Waals surface area contributed by atoms with Crippen LogP contribution in [0.15, 0.2) is 60.7 Å². The molecule has 0 radical (unpaired) electrons. The van der Waals surface area contributed by atoms with Crippen LogP contribution >= 0.6 is 0 Å². The van der Waals surface area contributed by atoms with Crippen molar-refractivity contribution >= 4 is 23.5 Å². The number of hydrogen-bond acceptors (Lipinski definition) is 6. The number of aryl methyl sites for hydroxylation is 1. The lowest BCUT2D eigenvalue weighted by Crippen LogP contribution is -2.27. The number of ether oxygens (including phenoxy) is 1. The maximum absolute atomic E-state index is 12.7. The molecule has 7 heteroatoms. The number of rotatable bonds is 6. The average Bonchev–Trinajstić information content (AvgIpc) is 2.73. The van der Waals surface area contributed by atoms with E-state index < -0.39 is 5.97 Å². The Bertz CT molecular complexity index is 1020. The van der Waals surface area contributed by atoms with E-state index in [2.05, 4.69) is 20.6 Å². The Labute approximate surface area is 169 Å². The monoisotopic (exact) mass is 390 g/mol. The third kappa shape index (κ3) is 5.16. The van der Waals surface area contributed by atoms with Crippen LogP contribution in [0, 0.1) is 6.92 Å². The van der Waals surface area contributed by atoms with Crippen molar-refractivity contribution in [2.45, 2.75) is 19.9 Å². The van der Waals surface area contributed by atoms with E-state index in [0.717, 1.165) is 5.56 Å². The number of amides is 1. The highest BCUT2D eigenvalue weighted by Gasteiger charge is 2.15. The fraction of sp³-hybridized carbons (Fsp3) is 0.182. The van der Waals surface area contributed by atoms with Crippen LogP contribution < -0.4 is 10.6 Å². The van der Waals surface area contributed by atoms with Gasteiger partial charge in [-0.3, -0.25) is 4.79 Å². The van der Waals surface area contributed by atoms with Crippen LogP contribution in [0.1, 0.15) is 45.1 Å². The van der Waals surface area contributed by atoms with Gasteiger partial charge in [-0.05, 0) is 43.7 Å². The zero-order chi connectivity index (χ0) is 20.8. The van der Waals surface area contributed by atoms with E-state index in [9.17, 15) is 9.59 Å². The van der Waals surface area contributed by atoms with Gasteiger partial charge in [-0.25, -0.2) is 14.8 Å². The highest BCUT2D eigenvalue weighted by atomic mass is 16.5. The largest absolute Gasteiger partial charge is 0.465 e. The molecule has 0 bridgehead atoms. The smallest absolute Gasteiger partial charge is 0.337 e. The van der Waals surface area contributed by atoms with Crippen LogP contribution in [0.4, 0.5) is 11.6 Å². The molecule has 3 rings (SSSR count). The van der Waals surface area contributed by atoms with E-state index in [-0.39, 0.29) is 23.6 Å². The summed E-state index contributed by atoms with van der Waals surface area (Å²) in [6.45, 7) is 3.70. The summed E-state index contributed by atoms with van der Waals surface area (Å²) in [6.07, 6.45) is 0. The molecule has 1 aromatic heterocycles. The van der Waals surface area contributed by atoms with Gasteiger partial charge in [0.15, 0.2) is 0 Å². The topological polar surface area (TPSA) is 93.2 Å². The normalized spacial score (nSPS) is 11.4. The minimum Gasteiger partial charge on any atom is -0.465 e. The minimum atomic E-state index is -0.436. The van der Waals surface area contributed by atoms with E-state index in [4.69, 9.17) is 4.74 Å². The molecule has 3 aromatic rings. The number of aromatic nitrogens is 2. The van der Waals surface area contributed by atoms with E-state index in [1.54, 1.807) is 37.3 Å². The Kier molecular flexibility index (Phi) is 6.19. The van der Waals surface area contributed by atoms with Crippen molar-refractivity contribution in [3.63, 3.8) is 0 Å². The van der Waals surface area contributed by atoms with Crippen LogP contribution in [-0.4, -0.2) is 29.0 Å². The number of nitrogens with one attached hydrogen (secondary N) is 2. The number of nitrogens with zero attached hydrogens (tertiary/aromatic N) is 2. The Balaban J connectivity index is 1.77. The lowest BCUT2D eigenvalue weighted by Gasteiger charge is -2.14. The second kappa shape index (κ2) is 8.97. The number of anilines is 2. The fourth-order valence-electron chi connectivity index (χ4n) is 2.81. The molecule has 1 heterocycles. The van der Waals surface area contributed by atoms with Crippen molar-refractivity contribution in [3.8, 4) is 0 Å². The summed E-state index contributed by atoms with van der Waals surface area (Å²) in [6, 6.07) is 17.9. The van der Waals surface area contributed by atoms with Crippen LogP contribution in [0.3, 0.4) is 0 Å². The molecule has 0 fully saturated rings. The van der Waals surface area contributed by atoms with E-state index in [1.807, 2.05) is 37.3 Å². The summed E-state index contributed by atoms with van der Waals surface area (Å²) < 4.78 is 4.73. The van der Waals surface area contributed by atoms with Crippen LogP contribution in [0.5, 0.6) is 0 Å². The van der Waals surface area contributed by atoms with Gasteiger partial charge in [0.2, 0.25) is 5.95 Å². The van der Waals surface area contributed by atoms with Crippen LogP contribution in [0.25, 0.3) is 0 Å². The Hall–Kier alpha value is -3.74. The van der Waals surface area contributed by atoms with Crippen LogP contribution in [-0.2, 0) is 4.74 Å². The van der Waals surface area contributed by atoms with Gasteiger partial charge in [-0.15, -0.1) is 0 Å². The van der Waals surface area contributed by atoms with Crippen LogP contribution in [0.2, 0.25) is 0 Å². The minimum absolute atomic E-state index is 0.160. The highest BCUT2D eigenvalue weighted by Crippen LogP contribution is 2.17. The molecule has 2 aromatic carbocycles. The van der Waals surface area contributed by atoms with Crippen molar-refractivity contribution in [3.05, 3.63) is 83.2 Å². The van der Waals surface area contributed by atoms with Gasteiger partial charge < -0.3 is 15.4 Å². The number of benzene rings is 2. The number of methoxy groups -OCH3 is 1. The number of hydrogen-bond donors (Lipinski definition) is 2. The van der Waals surface area contributed by atoms with Gasteiger partial charge in [-0.1, -0.05) is 36.4 Å². The summed E-state index contributed by atoms with van der Waals surface area (Å²) in [7, 11) is 1.33. The van der Waals surface area contributed by atoms with Gasteiger partial charge in [0.25, 0.3) is 5.91 Å². The molecule has 1 unspecified atom stereocenters. The number of esters is 1. The molecule has 0 aliphatic carbocycles. The van der Waals surface area contributed by atoms with Crippen molar-refractivity contribution in [1.82, 2.24) is 15.3 Å². The summed E-state index contributed by atoms with van der Waals surface area (Å²) in [5.74, 6) is -0.462. The lowest BCUT2D eigenvalue weighted by atomic mass is 10.1. The molecular formula is C22H22N4O3. The molecule has 0 aliphatic heterocycles. The molecule has 1 atom stereocenters. The number of carbonyl (C=O) groups excluding carboxylic acids is 2. The third-order valence-corrected chi connectivity index (χ3v) is 4.27. The highest BCUT2D eigenvalue weighted by molar-refractivity contribution is 5.93. The zero-order valence-corrected chi connectivity index (χ0v) is 16.5. The Morgan fingerprint density at radius 2 is 1.76 bits per heavy atom. The molecule has 1 amide bonds. The molecule has 2 N–H and O–H groups in total.